The van der Waals surface area contributed by atoms with E-state index in [4.69, 9.17) is 0 Å². The highest BCUT2D eigenvalue weighted by atomic mass is 16.1. The maximum Gasteiger partial charge on any atom is 0.196 e. The molecule has 0 aliphatic heterocycles. The summed E-state index contributed by atoms with van der Waals surface area (Å²) in [6.07, 6.45) is 4.27. The zero-order valence-corrected chi connectivity index (χ0v) is 9.47. The molecular formula is C13H14N2O. The molecule has 16 heavy (non-hydrogen) atoms. The van der Waals surface area contributed by atoms with Gasteiger partial charge in [-0.1, -0.05) is 25.1 Å². The number of ketones is 1. The maximum absolute atomic E-state index is 12.1. The van der Waals surface area contributed by atoms with Crippen LogP contribution < -0.4 is 0 Å². The summed E-state index contributed by atoms with van der Waals surface area (Å²) < 4.78 is 1.64. The van der Waals surface area contributed by atoms with Gasteiger partial charge < -0.3 is 0 Å². The molecule has 0 aliphatic carbocycles. The molecule has 0 spiro atoms. The van der Waals surface area contributed by atoms with Crippen molar-refractivity contribution in [3.05, 3.63) is 53.3 Å². The van der Waals surface area contributed by atoms with Crippen LogP contribution in [0.25, 0.3) is 0 Å². The van der Waals surface area contributed by atoms with Crippen LogP contribution in [0.4, 0.5) is 0 Å². The molecule has 0 aliphatic rings. The van der Waals surface area contributed by atoms with Gasteiger partial charge in [0.1, 0.15) is 0 Å². The number of nitrogens with zero attached hydrogens (tertiary/aromatic N) is 2. The molecule has 2 aromatic rings. The lowest BCUT2D eigenvalue weighted by atomic mass is 10.0. The average molecular weight is 214 g/mol. The Kier molecular flexibility index (Phi) is 2.86. The van der Waals surface area contributed by atoms with Crippen molar-refractivity contribution in [1.29, 1.82) is 0 Å². The van der Waals surface area contributed by atoms with E-state index in [0.717, 1.165) is 12.0 Å². The van der Waals surface area contributed by atoms with Crippen molar-refractivity contribution in [3.8, 4) is 0 Å². The fraction of sp³-hybridized carbons (Fsp3) is 0.231. The zero-order valence-electron chi connectivity index (χ0n) is 9.47. The Morgan fingerprint density at radius 1 is 1.38 bits per heavy atom. The molecule has 82 valence electrons. The molecule has 0 N–H and O–H groups in total. The first-order valence-corrected chi connectivity index (χ1v) is 5.33. The molecule has 0 atom stereocenters. The van der Waals surface area contributed by atoms with Crippen LogP contribution in [0.2, 0.25) is 0 Å². The Bertz CT molecular complexity index is 514. The zero-order chi connectivity index (χ0) is 11.5. The number of rotatable bonds is 3. The van der Waals surface area contributed by atoms with Crippen LogP contribution in [-0.2, 0) is 13.5 Å². The molecule has 3 nitrogen and oxygen atoms in total. The van der Waals surface area contributed by atoms with Crippen LogP contribution in [0.3, 0.4) is 0 Å². The summed E-state index contributed by atoms with van der Waals surface area (Å²) in [6.45, 7) is 2.08. The highest BCUT2D eigenvalue weighted by Crippen LogP contribution is 2.11. The summed E-state index contributed by atoms with van der Waals surface area (Å²) in [5.74, 6) is 0.0309. The van der Waals surface area contributed by atoms with E-state index >= 15 is 0 Å². The largest absolute Gasteiger partial charge is 0.288 e. The van der Waals surface area contributed by atoms with E-state index in [1.54, 1.807) is 24.1 Å². The standard InChI is InChI=1S/C13H14N2O/c1-3-10-5-4-6-11(7-10)13(16)12-8-14-15(2)9-12/h4-9H,3H2,1-2H3. The highest BCUT2D eigenvalue weighted by molar-refractivity contribution is 6.08. The lowest BCUT2D eigenvalue weighted by molar-refractivity contribution is 0.103. The van der Waals surface area contributed by atoms with E-state index in [1.165, 1.54) is 5.56 Å². The summed E-state index contributed by atoms with van der Waals surface area (Å²) in [4.78, 5) is 12.1. The van der Waals surface area contributed by atoms with Crippen LogP contribution in [-0.4, -0.2) is 15.6 Å². The van der Waals surface area contributed by atoms with Gasteiger partial charge >= 0.3 is 0 Å². The molecule has 3 heteroatoms. The lowest BCUT2D eigenvalue weighted by Gasteiger charge is -2.00. The molecule has 0 saturated carbocycles. The molecule has 2 rings (SSSR count). The predicted octanol–water partition coefficient (Wildman–Crippen LogP) is 2.21. The average Bonchev–Trinajstić information content (AvgIpc) is 2.75. The summed E-state index contributed by atoms with van der Waals surface area (Å²) in [7, 11) is 1.80. The quantitative estimate of drug-likeness (QED) is 0.734. The molecular weight excluding hydrogens is 200 g/mol. The molecule has 0 saturated heterocycles. The van der Waals surface area contributed by atoms with Crippen molar-refractivity contribution in [2.24, 2.45) is 7.05 Å². The maximum atomic E-state index is 12.1. The molecule has 0 fully saturated rings. The highest BCUT2D eigenvalue weighted by Gasteiger charge is 2.10. The van der Waals surface area contributed by atoms with Crippen molar-refractivity contribution in [1.82, 2.24) is 9.78 Å². The van der Waals surface area contributed by atoms with E-state index in [-0.39, 0.29) is 5.78 Å². The first-order chi connectivity index (χ1) is 7.70. The van der Waals surface area contributed by atoms with E-state index in [1.807, 2.05) is 24.3 Å². The first-order valence-electron chi connectivity index (χ1n) is 5.33. The summed E-state index contributed by atoms with van der Waals surface area (Å²) in [5, 5.41) is 4.00. The van der Waals surface area contributed by atoms with Gasteiger partial charge in [0.15, 0.2) is 5.78 Å². The van der Waals surface area contributed by atoms with Gasteiger partial charge in [0.05, 0.1) is 11.8 Å². The van der Waals surface area contributed by atoms with E-state index in [0.29, 0.717) is 5.56 Å². The Balaban J connectivity index is 2.33. The molecule has 0 amide bonds. The minimum atomic E-state index is 0.0309. The van der Waals surface area contributed by atoms with Crippen LogP contribution in [0.5, 0.6) is 0 Å². The topological polar surface area (TPSA) is 34.9 Å². The van der Waals surface area contributed by atoms with Gasteiger partial charge in [-0.25, -0.2) is 0 Å². The van der Waals surface area contributed by atoms with Crippen molar-refractivity contribution < 1.29 is 4.79 Å². The normalized spacial score (nSPS) is 10.4. The summed E-state index contributed by atoms with van der Waals surface area (Å²) in [6, 6.07) is 7.73. The Labute approximate surface area is 94.7 Å². The smallest absolute Gasteiger partial charge is 0.196 e. The van der Waals surface area contributed by atoms with Crippen LogP contribution in [0.15, 0.2) is 36.7 Å². The van der Waals surface area contributed by atoms with E-state index < -0.39 is 0 Å². The number of carbonyl (C=O) groups is 1. The third-order valence-corrected chi connectivity index (χ3v) is 2.56. The number of aryl methyl sites for hydroxylation is 2. The second-order valence-electron chi connectivity index (χ2n) is 3.79. The van der Waals surface area contributed by atoms with Crippen molar-refractivity contribution in [2.45, 2.75) is 13.3 Å². The molecule has 1 heterocycles. The van der Waals surface area contributed by atoms with Crippen LogP contribution >= 0.6 is 0 Å². The molecule has 0 bridgehead atoms. The second-order valence-corrected chi connectivity index (χ2v) is 3.79. The molecule has 0 radical (unpaired) electrons. The molecule has 1 aromatic heterocycles. The minimum Gasteiger partial charge on any atom is -0.288 e. The van der Waals surface area contributed by atoms with Gasteiger partial charge in [-0.2, -0.15) is 5.10 Å². The SMILES string of the molecule is CCc1cccc(C(=O)c2cnn(C)c2)c1. The van der Waals surface area contributed by atoms with Crippen LogP contribution in [0, 0.1) is 0 Å². The van der Waals surface area contributed by atoms with E-state index in [9.17, 15) is 4.79 Å². The Hall–Kier alpha value is -1.90. The number of benzene rings is 1. The van der Waals surface area contributed by atoms with Gasteiger partial charge in [-0.05, 0) is 18.1 Å². The third-order valence-electron chi connectivity index (χ3n) is 2.56. The Morgan fingerprint density at radius 2 is 2.19 bits per heavy atom. The molecule has 1 aromatic carbocycles. The Morgan fingerprint density at radius 3 is 2.81 bits per heavy atom. The number of hydrogen-bond acceptors (Lipinski definition) is 2. The monoisotopic (exact) mass is 214 g/mol. The van der Waals surface area contributed by atoms with E-state index in [2.05, 4.69) is 12.0 Å². The van der Waals surface area contributed by atoms with Crippen molar-refractivity contribution in [3.63, 3.8) is 0 Å². The van der Waals surface area contributed by atoms with Gasteiger partial charge in [0, 0.05) is 18.8 Å². The fourth-order valence-corrected chi connectivity index (χ4v) is 1.64. The minimum absolute atomic E-state index is 0.0309. The number of aromatic nitrogens is 2. The van der Waals surface area contributed by atoms with Crippen molar-refractivity contribution in [2.75, 3.05) is 0 Å². The van der Waals surface area contributed by atoms with Gasteiger partial charge in [0.25, 0.3) is 0 Å². The summed E-state index contributed by atoms with van der Waals surface area (Å²) >= 11 is 0. The third kappa shape index (κ3) is 2.03. The van der Waals surface area contributed by atoms with Crippen LogP contribution in [0.1, 0.15) is 28.4 Å². The predicted molar refractivity (Wildman–Crippen MR) is 62.5 cm³/mol. The summed E-state index contributed by atoms with van der Waals surface area (Å²) in [5.41, 5.74) is 2.54. The van der Waals surface area contributed by atoms with Crippen molar-refractivity contribution >= 4 is 5.78 Å². The van der Waals surface area contributed by atoms with Gasteiger partial charge in [-0.3, -0.25) is 9.48 Å². The second kappa shape index (κ2) is 4.31. The number of hydrogen-bond donors (Lipinski definition) is 0. The van der Waals surface area contributed by atoms with Gasteiger partial charge in [-0.15, -0.1) is 0 Å². The lowest BCUT2D eigenvalue weighted by Crippen LogP contribution is -2.00. The first kappa shape index (κ1) is 10.6. The van der Waals surface area contributed by atoms with Gasteiger partial charge in [0.2, 0.25) is 0 Å². The molecule has 0 unspecified atom stereocenters. The number of carbonyl (C=O) groups excluding carboxylic acids is 1. The fourth-order valence-electron chi connectivity index (χ4n) is 1.64.